The van der Waals surface area contributed by atoms with Crippen LogP contribution in [0.2, 0.25) is 0 Å². The van der Waals surface area contributed by atoms with Crippen LogP contribution in [-0.2, 0) is 5.60 Å². The Balaban J connectivity index is 2.48. The predicted molar refractivity (Wildman–Crippen MR) is 64.8 cm³/mol. The molecule has 1 aliphatic carbocycles. The van der Waals surface area contributed by atoms with E-state index in [9.17, 15) is 5.11 Å². The maximum absolute atomic E-state index is 10.4. The SMILES string of the molecule is COc1c(C(C)C)cccc1C1(O)CCC1. The number of para-hydroxylation sites is 1. The van der Waals surface area contributed by atoms with Crippen molar-refractivity contribution >= 4 is 0 Å². The molecule has 0 amide bonds. The Morgan fingerprint density at radius 1 is 1.31 bits per heavy atom. The molecule has 0 atom stereocenters. The van der Waals surface area contributed by atoms with E-state index in [1.807, 2.05) is 12.1 Å². The van der Waals surface area contributed by atoms with Gasteiger partial charge in [0.05, 0.1) is 12.7 Å². The highest BCUT2D eigenvalue weighted by atomic mass is 16.5. The molecule has 1 aromatic rings. The van der Waals surface area contributed by atoms with Gasteiger partial charge in [0.2, 0.25) is 0 Å². The van der Waals surface area contributed by atoms with Gasteiger partial charge in [-0.1, -0.05) is 32.0 Å². The van der Waals surface area contributed by atoms with Crippen LogP contribution in [0, 0.1) is 0 Å². The molecule has 0 spiro atoms. The van der Waals surface area contributed by atoms with E-state index < -0.39 is 5.60 Å². The highest BCUT2D eigenvalue weighted by Gasteiger charge is 2.39. The van der Waals surface area contributed by atoms with Gasteiger partial charge in [0.1, 0.15) is 5.75 Å². The van der Waals surface area contributed by atoms with E-state index in [1.165, 1.54) is 5.56 Å². The smallest absolute Gasteiger partial charge is 0.128 e. The monoisotopic (exact) mass is 220 g/mol. The summed E-state index contributed by atoms with van der Waals surface area (Å²) in [4.78, 5) is 0. The summed E-state index contributed by atoms with van der Waals surface area (Å²) in [6.45, 7) is 4.29. The van der Waals surface area contributed by atoms with Crippen molar-refractivity contribution in [1.29, 1.82) is 0 Å². The molecule has 0 aromatic heterocycles. The van der Waals surface area contributed by atoms with E-state index in [0.717, 1.165) is 30.6 Å². The van der Waals surface area contributed by atoms with Gasteiger partial charge in [-0.15, -0.1) is 0 Å². The van der Waals surface area contributed by atoms with Gasteiger partial charge in [0.25, 0.3) is 0 Å². The second-order valence-electron chi connectivity index (χ2n) is 4.97. The number of benzene rings is 1. The first-order chi connectivity index (χ1) is 7.58. The maximum Gasteiger partial charge on any atom is 0.128 e. The molecule has 2 rings (SSSR count). The molecule has 16 heavy (non-hydrogen) atoms. The molecule has 2 nitrogen and oxygen atoms in total. The minimum Gasteiger partial charge on any atom is -0.496 e. The van der Waals surface area contributed by atoms with Crippen molar-refractivity contribution in [3.63, 3.8) is 0 Å². The Kier molecular flexibility index (Phi) is 2.94. The Labute approximate surface area is 97.3 Å². The maximum atomic E-state index is 10.4. The molecular weight excluding hydrogens is 200 g/mol. The molecule has 1 aromatic carbocycles. The molecule has 1 N–H and O–H groups in total. The van der Waals surface area contributed by atoms with Crippen molar-refractivity contribution in [2.24, 2.45) is 0 Å². The molecule has 0 bridgehead atoms. The molecule has 0 unspecified atom stereocenters. The van der Waals surface area contributed by atoms with Crippen LogP contribution in [0.25, 0.3) is 0 Å². The summed E-state index contributed by atoms with van der Waals surface area (Å²) in [6, 6.07) is 6.09. The van der Waals surface area contributed by atoms with E-state index in [2.05, 4.69) is 19.9 Å². The van der Waals surface area contributed by atoms with Gasteiger partial charge in [-0.3, -0.25) is 0 Å². The lowest BCUT2D eigenvalue weighted by Crippen LogP contribution is -2.34. The highest BCUT2D eigenvalue weighted by Crippen LogP contribution is 2.46. The predicted octanol–water partition coefficient (Wildman–Crippen LogP) is 3.19. The average Bonchev–Trinajstić information content (AvgIpc) is 2.24. The van der Waals surface area contributed by atoms with Crippen LogP contribution in [0.1, 0.15) is 50.2 Å². The summed E-state index contributed by atoms with van der Waals surface area (Å²) in [7, 11) is 1.69. The second kappa shape index (κ2) is 4.10. The molecule has 0 aliphatic heterocycles. The van der Waals surface area contributed by atoms with Gasteiger partial charge in [-0.25, -0.2) is 0 Å². The normalized spacial score (nSPS) is 18.3. The minimum atomic E-state index is -0.643. The topological polar surface area (TPSA) is 29.5 Å². The van der Waals surface area contributed by atoms with Gasteiger partial charge in [0, 0.05) is 5.56 Å². The van der Waals surface area contributed by atoms with Crippen molar-refractivity contribution in [3.8, 4) is 5.75 Å². The third-order valence-electron chi connectivity index (χ3n) is 3.55. The Hall–Kier alpha value is -1.02. The second-order valence-corrected chi connectivity index (χ2v) is 4.97. The molecule has 88 valence electrons. The fourth-order valence-corrected chi connectivity index (χ4v) is 2.38. The first kappa shape index (κ1) is 11.5. The fraction of sp³-hybridized carbons (Fsp3) is 0.571. The van der Waals surface area contributed by atoms with Crippen molar-refractivity contribution < 1.29 is 9.84 Å². The van der Waals surface area contributed by atoms with E-state index in [0.29, 0.717) is 5.92 Å². The molecular formula is C14H20O2. The van der Waals surface area contributed by atoms with Crippen molar-refractivity contribution in [1.82, 2.24) is 0 Å². The molecule has 0 heterocycles. The lowest BCUT2D eigenvalue weighted by Gasteiger charge is -2.38. The van der Waals surface area contributed by atoms with Gasteiger partial charge in [-0.2, -0.15) is 0 Å². The van der Waals surface area contributed by atoms with Crippen molar-refractivity contribution in [2.45, 2.75) is 44.6 Å². The molecule has 2 heteroatoms. The van der Waals surface area contributed by atoms with Gasteiger partial charge in [-0.05, 0) is 30.7 Å². The lowest BCUT2D eigenvalue weighted by molar-refractivity contribution is -0.0405. The van der Waals surface area contributed by atoms with Crippen LogP contribution in [0.4, 0.5) is 0 Å². The first-order valence-electron chi connectivity index (χ1n) is 5.98. The molecule has 0 radical (unpaired) electrons. The minimum absolute atomic E-state index is 0.415. The fourth-order valence-electron chi connectivity index (χ4n) is 2.38. The summed E-state index contributed by atoms with van der Waals surface area (Å²) < 4.78 is 5.50. The summed E-state index contributed by atoms with van der Waals surface area (Å²) in [5.41, 5.74) is 1.50. The average molecular weight is 220 g/mol. The van der Waals surface area contributed by atoms with E-state index >= 15 is 0 Å². The van der Waals surface area contributed by atoms with E-state index in [-0.39, 0.29) is 0 Å². The van der Waals surface area contributed by atoms with Crippen LogP contribution in [0.5, 0.6) is 5.75 Å². The lowest BCUT2D eigenvalue weighted by atomic mass is 9.74. The number of methoxy groups -OCH3 is 1. The summed E-state index contributed by atoms with van der Waals surface area (Å²) in [6.07, 6.45) is 2.81. The van der Waals surface area contributed by atoms with Crippen LogP contribution in [0.3, 0.4) is 0 Å². The number of hydrogen-bond donors (Lipinski definition) is 1. The summed E-state index contributed by atoms with van der Waals surface area (Å²) >= 11 is 0. The third kappa shape index (κ3) is 1.71. The number of ether oxygens (including phenoxy) is 1. The molecule has 1 aliphatic rings. The molecule has 1 saturated carbocycles. The van der Waals surface area contributed by atoms with E-state index in [1.54, 1.807) is 7.11 Å². The summed E-state index contributed by atoms with van der Waals surface area (Å²) in [5, 5.41) is 10.4. The van der Waals surface area contributed by atoms with Crippen LogP contribution in [0.15, 0.2) is 18.2 Å². The van der Waals surface area contributed by atoms with Crippen LogP contribution >= 0.6 is 0 Å². The zero-order valence-corrected chi connectivity index (χ0v) is 10.3. The first-order valence-corrected chi connectivity index (χ1v) is 5.98. The van der Waals surface area contributed by atoms with E-state index in [4.69, 9.17) is 4.74 Å². The van der Waals surface area contributed by atoms with Crippen LogP contribution < -0.4 is 4.74 Å². The summed E-state index contributed by atoms with van der Waals surface area (Å²) in [5.74, 6) is 1.29. The van der Waals surface area contributed by atoms with Crippen molar-refractivity contribution in [2.75, 3.05) is 7.11 Å². The van der Waals surface area contributed by atoms with Gasteiger partial charge >= 0.3 is 0 Å². The standard InChI is InChI=1S/C14H20O2/c1-10(2)11-6-4-7-12(13(11)16-3)14(15)8-5-9-14/h4,6-7,10,15H,5,8-9H2,1-3H3. The largest absolute Gasteiger partial charge is 0.496 e. The number of rotatable bonds is 3. The Bertz CT molecular complexity index is 378. The molecule has 1 fully saturated rings. The van der Waals surface area contributed by atoms with Crippen LogP contribution in [-0.4, -0.2) is 12.2 Å². The Morgan fingerprint density at radius 3 is 2.44 bits per heavy atom. The number of aliphatic hydroxyl groups is 1. The zero-order chi connectivity index (χ0) is 11.8. The van der Waals surface area contributed by atoms with Gasteiger partial charge < -0.3 is 9.84 Å². The van der Waals surface area contributed by atoms with Crippen molar-refractivity contribution in [3.05, 3.63) is 29.3 Å². The molecule has 0 saturated heterocycles. The van der Waals surface area contributed by atoms with Gasteiger partial charge in [0.15, 0.2) is 0 Å². The Morgan fingerprint density at radius 2 is 2.00 bits per heavy atom. The zero-order valence-electron chi connectivity index (χ0n) is 10.3. The highest BCUT2D eigenvalue weighted by molar-refractivity contribution is 5.47. The number of hydrogen-bond acceptors (Lipinski definition) is 2. The third-order valence-corrected chi connectivity index (χ3v) is 3.55. The quantitative estimate of drug-likeness (QED) is 0.847.